The fourth-order valence-electron chi connectivity index (χ4n) is 4.38. The van der Waals surface area contributed by atoms with Gasteiger partial charge in [0.05, 0.1) is 18.6 Å². The van der Waals surface area contributed by atoms with Crippen molar-refractivity contribution in [3.8, 4) is 0 Å². The van der Waals surface area contributed by atoms with Crippen LogP contribution >= 0.6 is 11.6 Å². The van der Waals surface area contributed by atoms with Crippen molar-refractivity contribution in [1.29, 1.82) is 0 Å². The van der Waals surface area contributed by atoms with Gasteiger partial charge in [0.25, 0.3) is 0 Å². The van der Waals surface area contributed by atoms with Gasteiger partial charge in [-0.25, -0.2) is 4.79 Å². The van der Waals surface area contributed by atoms with Crippen LogP contribution in [0.3, 0.4) is 0 Å². The summed E-state index contributed by atoms with van der Waals surface area (Å²) in [5.74, 6) is -0.949. The Balaban J connectivity index is 1.73. The Morgan fingerprint density at radius 2 is 2.07 bits per heavy atom. The molecule has 6 atom stereocenters. The molecule has 3 fully saturated rings. The van der Waals surface area contributed by atoms with Crippen molar-refractivity contribution in [3.05, 3.63) is 11.6 Å². The molecule has 0 radical (unpaired) electrons. The summed E-state index contributed by atoms with van der Waals surface area (Å²) in [5.41, 5.74) is 0.574. The molecule has 27 heavy (non-hydrogen) atoms. The predicted octanol–water partition coefficient (Wildman–Crippen LogP) is 2.55. The highest BCUT2D eigenvalue weighted by Crippen LogP contribution is 2.59. The zero-order valence-electron chi connectivity index (χ0n) is 16.2. The van der Waals surface area contributed by atoms with Crippen molar-refractivity contribution in [3.63, 3.8) is 0 Å². The van der Waals surface area contributed by atoms with E-state index in [1.807, 2.05) is 0 Å². The normalized spacial score (nSPS) is 39.6. The average Bonchev–Trinajstić information content (AvgIpc) is 3.52. The fourth-order valence-corrected chi connectivity index (χ4v) is 4.45. The molecule has 1 aliphatic carbocycles. The summed E-state index contributed by atoms with van der Waals surface area (Å²) in [4.78, 5) is 23.3. The first-order valence-electron chi connectivity index (χ1n) is 9.30. The van der Waals surface area contributed by atoms with E-state index in [1.165, 1.54) is 5.57 Å². The number of methoxy groups -OCH3 is 1. The van der Waals surface area contributed by atoms with Crippen LogP contribution in [-0.2, 0) is 23.7 Å². The van der Waals surface area contributed by atoms with E-state index in [0.717, 1.165) is 12.8 Å². The van der Waals surface area contributed by atoms with Crippen molar-refractivity contribution in [1.82, 2.24) is 5.32 Å². The van der Waals surface area contributed by atoms with Crippen LogP contribution in [0.1, 0.15) is 40.0 Å². The number of ether oxygens (including phenoxy) is 4. The third kappa shape index (κ3) is 4.16. The van der Waals surface area contributed by atoms with E-state index in [9.17, 15) is 9.59 Å². The molecule has 2 amide bonds. The quantitative estimate of drug-likeness (QED) is 0.418. The van der Waals surface area contributed by atoms with Crippen LogP contribution in [0.15, 0.2) is 11.6 Å². The number of alkyl halides is 1. The molecule has 3 rings (SSSR count). The molecule has 0 aromatic carbocycles. The molecule has 2 heterocycles. The second kappa shape index (κ2) is 7.70. The third-order valence-electron chi connectivity index (χ3n) is 5.86. The van der Waals surface area contributed by atoms with Gasteiger partial charge in [-0.05, 0) is 40.0 Å². The number of amides is 2. The molecule has 3 aliphatic rings. The van der Waals surface area contributed by atoms with Crippen molar-refractivity contribution in [2.45, 2.75) is 69.5 Å². The SMILES string of the molecule is COC1C(OC(=O)NC(=O)CCl)CCC2(CO2)C1C1(C)OC1CC=C(C)C. The van der Waals surface area contributed by atoms with E-state index in [1.54, 1.807) is 7.11 Å². The van der Waals surface area contributed by atoms with Gasteiger partial charge < -0.3 is 18.9 Å². The van der Waals surface area contributed by atoms with Gasteiger partial charge in [-0.1, -0.05) is 11.6 Å². The molecular formula is C19H28ClNO6. The second-order valence-corrected chi connectivity index (χ2v) is 8.27. The van der Waals surface area contributed by atoms with E-state index in [4.69, 9.17) is 30.5 Å². The monoisotopic (exact) mass is 401 g/mol. The number of carbonyl (C=O) groups excluding carboxylic acids is 2. The lowest BCUT2D eigenvalue weighted by atomic mass is 9.68. The lowest BCUT2D eigenvalue weighted by Crippen LogP contribution is -2.56. The third-order valence-corrected chi connectivity index (χ3v) is 6.10. The number of hydrogen-bond acceptors (Lipinski definition) is 6. The summed E-state index contributed by atoms with van der Waals surface area (Å²) >= 11 is 5.42. The average molecular weight is 402 g/mol. The Morgan fingerprint density at radius 3 is 2.63 bits per heavy atom. The van der Waals surface area contributed by atoms with Gasteiger partial charge in [0.15, 0.2) is 0 Å². The minimum atomic E-state index is -0.804. The molecule has 2 saturated heterocycles. The predicted molar refractivity (Wildman–Crippen MR) is 98.7 cm³/mol. The number of alkyl carbamates (subject to hydrolysis) is 1. The minimum absolute atomic E-state index is 0.0548. The van der Waals surface area contributed by atoms with Gasteiger partial charge in [-0.2, -0.15) is 0 Å². The van der Waals surface area contributed by atoms with Crippen molar-refractivity contribution >= 4 is 23.6 Å². The Hall–Kier alpha value is -1.15. The Labute approximate surface area is 164 Å². The van der Waals surface area contributed by atoms with Gasteiger partial charge in [0, 0.05) is 7.11 Å². The number of imide groups is 1. The van der Waals surface area contributed by atoms with E-state index in [-0.39, 0.29) is 29.6 Å². The summed E-state index contributed by atoms with van der Waals surface area (Å²) in [6.07, 6.45) is 2.78. The first kappa shape index (κ1) is 20.6. The molecule has 0 aromatic rings. The number of epoxide rings is 2. The lowest BCUT2D eigenvalue weighted by molar-refractivity contribution is -0.124. The van der Waals surface area contributed by atoms with Gasteiger partial charge >= 0.3 is 6.09 Å². The van der Waals surface area contributed by atoms with Crippen molar-refractivity contribution < 1.29 is 28.5 Å². The largest absolute Gasteiger partial charge is 0.443 e. The second-order valence-electron chi connectivity index (χ2n) is 8.00. The van der Waals surface area contributed by atoms with Crippen LogP contribution in [0.2, 0.25) is 0 Å². The fraction of sp³-hybridized carbons (Fsp3) is 0.789. The van der Waals surface area contributed by atoms with Crippen LogP contribution in [0.5, 0.6) is 0 Å². The van der Waals surface area contributed by atoms with Gasteiger partial charge in [-0.3, -0.25) is 10.1 Å². The summed E-state index contributed by atoms with van der Waals surface area (Å²) < 4.78 is 23.2. The summed E-state index contributed by atoms with van der Waals surface area (Å²) in [6.45, 7) is 6.87. The molecule has 1 spiro atoms. The standard InChI is InChI=1S/C19H28ClNO6/c1-11(2)5-6-13-18(3,27-13)16-15(24-4)12(7-8-19(16)10-25-19)26-17(23)21-14(22)9-20/h5,12-13,15-16H,6-10H2,1-4H3,(H,21,22,23). The summed E-state index contributed by atoms with van der Waals surface area (Å²) in [5, 5.41) is 2.11. The summed E-state index contributed by atoms with van der Waals surface area (Å²) in [6, 6.07) is 0. The molecule has 1 N–H and O–H groups in total. The Bertz CT molecular complexity index is 630. The van der Waals surface area contributed by atoms with Crippen LogP contribution in [0.25, 0.3) is 0 Å². The van der Waals surface area contributed by atoms with Crippen LogP contribution in [0, 0.1) is 5.92 Å². The van der Waals surface area contributed by atoms with Crippen LogP contribution in [0.4, 0.5) is 4.79 Å². The number of halogens is 1. The number of allylic oxidation sites excluding steroid dienone is 1. The first-order chi connectivity index (χ1) is 12.8. The van der Waals surface area contributed by atoms with Gasteiger partial charge in [0.1, 0.15) is 29.3 Å². The maximum atomic E-state index is 12.0. The minimum Gasteiger partial charge on any atom is -0.443 e. The van der Waals surface area contributed by atoms with E-state index in [2.05, 4.69) is 32.2 Å². The summed E-state index contributed by atoms with van der Waals surface area (Å²) in [7, 11) is 1.61. The lowest BCUT2D eigenvalue weighted by Gasteiger charge is -2.42. The zero-order valence-corrected chi connectivity index (χ0v) is 17.0. The number of hydrogen-bond donors (Lipinski definition) is 1. The number of rotatable bonds is 6. The highest BCUT2D eigenvalue weighted by Gasteiger charge is 2.72. The van der Waals surface area contributed by atoms with E-state index < -0.39 is 23.7 Å². The molecular weight excluding hydrogens is 374 g/mol. The molecule has 152 valence electrons. The zero-order chi connectivity index (χ0) is 19.8. The first-order valence-corrected chi connectivity index (χ1v) is 9.83. The van der Waals surface area contributed by atoms with Crippen molar-refractivity contribution in [2.75, 3.05) is 19.6 Å². The molecule has 7 nitrogen and oxygen atoms in total. The maximum absolute atomic E-state index is 12.0. The maximum Gasteiger partial charge on any atom is 0.414 e. The molecule has 0 bridgehead atoms. The highest BCUT2D eigenvalue weighted by atomic mass is 35.5. The molecule has 8 heteroatoms. The number of carbonyl (C=O) groups is 2. The van der Waals surface area contributed by atoms with Crippen molar-refractivity contribution in [2.24, 2.45) is 5.92 Å². The molecule has 2 aliphatic heterocycles. The molecule has 1 saturated carbocycles. The Morgan fingerprint density at radius 1 is 1.37 bits per heavy atom. The highest BCUT2D eigenvalue weighted by molar-refractivity contribution is 6.28. The smallest absolute Gasteiger partial charge is 0.414 e. The molecule has 6 unspecified atom stereocenters. The van der Waals surface area contributed by atoms with Gasteiger partial charge in [0.2, 0.25) is 5.91 Å². The van der Waals surface area contributed by atoms with E-state index in [0.29, 0.717) is 13.0 Å². The van der Waals surface area contributed by atoms with Gasteiger partial charge in [-0.15, -0.1) is 11.6 Å². The van der Waals surface area contributed by atoms with Crippen LogP contribution < -0.4 is 5.32 Å². The number of nitrogens with one attached hydrogen (secondary N) is 1. The topological polar surface area (TPSA) is 89.7 Å². The van der Waals surface area contributed by atoms with E-state index >= 15 is 0 Å². The van der Waals surface area contributed by atoms with Crippen LogP contribution in [-0.4, -0.2) is 61.1 Å². The Kier molecular flexibility index (Phi) is 5.87. The molecule has 0 aromatic heterocycles.